The van der Waals surface area contributed by atoms with E-state index in [1.807, 2.05) is 11.9 Å². The molecule has 1 N–H and O–H groups in total. The van der Waals surface area contributed by atoms with E-state index in [1.165, 1.54) is 35.0 Å². The molecule has 2 heterocycles. The van der Waals surface area contributed by atoms with Gasteiger partial charge in [0, 0.05) is 31.9 Å². The summed E-state index contributed by atoms with van der Waals surface area (Å²) in [7, 11) is -2.07. The number of aromatic nitrogens is 2. The predicted octanol–water partition coefficient (Wildman–Crippen LogP) is 3.86. The molecule has 1 aromatic heterocycles. The predicted molar refractivity (Wildman–Crippen MR) is 124 cm³/mol. The number of anilines is 1. The van der Waals surface area contributed by atoms with E-state index >= 15 is 0 Å². The first-order chi connectivity index (χ1) is 15.8. The first kappa shape index (κ1) is 22.7. The molecule has 4 rings (SSSR count). The van der Waals surface area contributed by atoms with Gasteiger partial charge in [0.2, 0.25) is 0 Å². The third kappa shape index (κ3) is 5.46. The first-order valence-electron chi connectivity index (χ1n) is 10.6. The average Bonchev–Trinajstić information content (AvgIpc) is 3.21. The van der Waals surface area contributed by atoms with E-state index < -0.39 is 15.9 Å². The summed E-state index contributed by atoms with van der Waals surface area (Å²) in [6.45, 7) is 0.773. The van der Waals surface area contributed by atoms with E-state index in [0.717, 1.165) is 25.8 Å². The molecule has 0 spiro atoms. The molecule has 1 amide bonds. The van der Waals surface area contributed by atoms with Crippen LogP contribution < -0.4 is 5.32 Å². The van der Waals surface area contributed by atoms with Gasteiger partial charge in [-0.15, -0.1) is 4.40 Å². The summed E-state index contributed by atoms with van der Waals surface area (Å²) in [5, 5.41) is 6.88. The Morgan fingerprint density at radius 1 is 1.09 bits per heavy atom. The summed E-state index contributed by atoms with van der Waals surface area (Å²) < 4.78 is 44.4. The Morgan fingerprint density at radius 3 is 2.67 bits per heavy atom. The number of nitrogens with zero attached hydrogens (tertiary/aromatic N) is 4. The SMILES string of the molecule is CN1CCCCC/C1=N\S(=O)(=O)c1cccc(NC(=O)c2ccn(-c3ccc(F)cc3)n2)c1. The maximum atomic E-state index is 13.1. The van der Waals surface area contributed by atoms with Crippen molar-refractivity contribution in [3.05, 3.63) is 72.3 Å². The summed E-state index contributed by atoms with van der Waals surface area (Å²) in [6.07, 6.45) is 5.15. The van der Waals surface area contributed by atoms with Gasteiger partial charge in [-0.1, -0.05) is 12.5 Å². The number of amidine groups is 1. The minimum atomic E-state index is -3.92. The van der Waals surface area contributed by atoms with Crippen LogP contribution in [0, 0.1) is 5.82 Å². The van der Waals surface area contributed by atoms with Gasteiger partial charge >= 0.3 is 0 Å². The Kier molecular flexibility index (Phi) is 6.55. The van der Waals surface area contributed by atoms with Crippen molar-refractivity contribution in [2.75, 3.05) is 18.9 Å². The largest absolute Gasteiger partial charge is 0.362 e. The second-order valence-electron chi connectivity index (χ2n) is 7.82. The van der Waals surface area contributed by atoms with E-state index in [4.69, 9.17) is 0 Å². The van der Waals surface area contributed by atoms with E-state index in [2.05, 4.69) is 14.8 Å². The average molecular weight is 470 g/mol. The van der Waals surface area contributed by atoms with Gasteiger partial charge in [-0.25, -0.2) is 9.07 Å². The molecule has 1 aliphatic heterocycles. The van der Waals surface area contributed by atoms with Crippen LogP contribution in [-0.2, 0) is 10.0 Å². The van der Waals surface area contributed by atoms with Crippen LogP contribution >= 0.6 is 0 Å². The minimum absolute atomic E-state index is 0.00212. The molecule has 10 heteroatoms. The van der Waals surface area contributed by atoms with Gasteiger partial charge < -0.3 is 10.2 Å². The van der Waals surface area contributed by atoms with Crippen LogP contribution in [0.2, 0.25) is 0 Å². The van der Waals surface area contributed by atoms with Crippen LogP contribution in [0.25, 0.3) is 5.69 Å². The number of hydrogen-bond donors (Lipinski definition) is 1. The smallest absolute Gasteiger partial charge is 0.284 e. The molecule has 33 heavy (non-hydrogen) atoms. The van der Waals surface area contributed by atoms with Crippen molar-refractivity contribution in [1.29, 1.82) is 0 Å². The van der Waals surface area contributed by atoms with Gasteiger partial charge in [0.1, 0.15) is 11.7 Å². The standard InChI is InChI=1S/C23H24FN5O3S/c1-28-14-4-2-3-8-22(28)27-33(31,32)20-7-5-6-18(16-20)25-23(30)21-13-15-29(26-21)19-11-9-17(24)10-12-19/h5-7,9-13,15-16H,2-4,8,14H2,1H3,(H,25,30)/b27-22+. The van der Waals surface area contributed by atoms with Gasteiger partial charge in [0.15, 0.2) is 5.69 Å². The monoisotopic (exact) mass is 469 g/mol. The summed E-state index contributed by atoms with van der Waals surface area (Å²) in [5.41, 5.74) is 1.05. The summed E-state index contributed by atoms with van der Waals surface area (Å²) in [6, 6.07) is 13.2. The number of carbonyl (C=O) groups excluding carboxylic acids is 1. The molecule has 3 aromatic rings. The molecule has 172 valence electrons. The van der Waals surface area contributed by atoms with Crippen molar-refractivity contribution in [3.8, 4) is 5.69 Å². The van der Waals surface area contributed by atoms with Crippen molar-refractivity contribution in [2.24, 2.45) is 4.40 Å². The number of likely N-dealkylation sites (tertiary alicyclic amines) is 1. The van der Waals surface area contributed by atoms with Gasteiger partial charge in [-0.05, 0) is 61.4 Å². The molecule has 0 unspecified atom stereocenters. The number of amides is 1. The van der Waals surface area contributed by atoms with E-state index in [-0.39, 0.29) is 16.4 Å². The normalized spacial score (nSPS) is 15.9. The third-order valence-electron chi connectivity index (χ3n) is 5.36. The van der Waals surface area contributed by atoms with Crippen LogP contribution in [0.15, 0.2) is 70.1 Å². The van der Waals surface area contributed by atoms with Crippen molar-refractivity contribution < 1.29 is 17.6 Å². The molecule has 0 saturated carbocycles. The van der Waals surface area contributed by atoms with Gasteiger partial charge in [0.25, 0.3) is 15.9 Å². The molecule has 0 bridgehead atoms. The Bertz CT molecular complexity index is 1290. The lowest BCUT2D eigenvalue weighted by Gasteiger charge is -2.17. The topological polar surface area (TPSA) is 96.7 Å². The number of carbonyl (C=O) groups is 1. The van der Waals surface area contributed by atoms with E-state index in [0.29, 0.717) is 23.6 Å². The molecule has 8 nitrogen and oxygen atoms in total. The van der Waals surface area contributed by atoms with Crippen LogP contribution in [0.3, 0.4) is 0 Å². The zero-order chi connectivity index (χ0) is 23.4. The molecule has 0 atom stereocenters. The van der Waals surface area contributed by atoms with Crippen LogP contribution in [0.1, 0.15) is 36.2 Å². The summed E-state index contributed by atoms with van der Waals surface area (Å²) in [5.74, 6) is -0.317. The fourth-order valence-corrected chi connectivity index (χ4v) is 4.69. The lowest BCUT2D eigenvalue weighted by molar-refractivity contribution is 0.102. The molecule has 1 aliphatic rings. The second-order valence-corrected chi connectivity index (χ2v) is 9.42. The lowest BCUT2D eigenvalue weighted by atomic mass is 10.2. The van der Waals surface area contributed by atoms with Crippen LogP contribution in [-0.4, -0.2) is 48.4 Å². The highest BCUT2D eigenvalue weighted by molar-refractivity contribution is 7.90. The summed E-state index contributed by atoms with van der Waals surface area (Å²) >= 11 is 0. The Labute approximate surface area is 191 Å². The fourth-order valence-electron chi connectivity index (χ4n) is 3.55. The number of benzene rings is 2. The van der Waals surface area contributed by atoms with Crippen molar-refractivity contribution >= 4 is 27.5 Å². The molecular formula is C23H24FN5O3S. The zero-order valence-electron chi connectivity index (χ0n) is 18.1. The van der Waals surface area contributed by atoms with Crippen LogP contribution in [0.4, 0.5) is 10.1 Å². The van der Waals surface area contributed by atoms with Crippen molar-refractivity contribution in [2.45, 2.75) is 30.6 Å². The number of nitrogens with one attached hydrogen (secondary N) is 1. The fraction of sp³-hybridized carbons (Fsp3) is 0.261. The van der Waals surface area contributed by atoms with Crippen LogP contribution in [0.5, 0.6) is 0 Å². The van der Waals surface area contributed by atoms with Crippen molar-refractivity contribution in [1.82, 2.24) is 14.7 Å². The van der Waals surface area contributed by atoms with E-state index in [9.17, 15) is 17.6 Å². The Morgan fingerprint density at radius 2 is 1.88 bits per heavy atom. The number of rotatable bonds is 5. The molecule has 0 radical (unpaired) electrons. The molecule has 0 aliphatic carbocycles. The third-order valence-corrected chi connectivity index (χ3v) is 6.66. The van der Waals surface area contributed by atoms with Gasteiger partial charge in [0.05, 0.1) is 10.6 Å². The number of sulfonamides is 1. The Hall–Kier alpha value is -3.53. The quantitative estimate of drug-likeness (QED) is 0.612. The summed E-state index contributed by atoms with van der Waals surface area (Å²) in [4.78, 5) is 14.5. The second kappa shape index (κ2) is 9.53. The van der Waals surface area contributed by atoms with Gasteiger partial charge in [-0.2, -0.15) is 13.5 Å². The molecular weight excluding hydrogens is 445 g/mol. The molecule has 1 saturated heterocycles. The van der Waals surface area contributed by atoms with Crippen molar-refractivity contribution in [3.63, 3.8) is 0 Å². The first-order valence-corrected chi connectivity index (χ1v) is 12.0. The maximum Gasteiger partial charge on any atom is 0.284 e. The number of halogens is 1. The zero-order valence-corrected chi connectivity index (χ0v) is 18.9. The maximum absolute atomic E-state index is 13.1. The number of hydrogen-bond acceptors (Lipinski definition) is 4. The highest BCUT2D eigenvalue weighted by Crippen LogP contribution is 2.20. The molecule has 1 fully saturated rings. The Balaban J connectivity index is 1.51. The minimum Gasteiger partial charge on any atom is -0.362 e. The highest BCUT2D eigenvalue weighted by Gasteiger charge is 2.19. The van der Waals surface area contributed by atoms with E-state index in [1.54, 1.807) is 30.5 Å². The highest BCUT2D eigenvalue weighted by atomic mass is 32.2. The lowest BCUT2D eigenvalue weighted by Crippen LogP contribution is -2.26. The van der Waals surface area contributed by atoms with Gasteiger partial charge in [-0.3, -0.25) is 4.79 Å². The molecule has 2 aromatic carbocycles.